The fraction of sp³-hybridized carbons (Fsp3) is 0.312. The molecule has 0 unspecified atom stereocenters. The van der Waals surface area contributed by atoms with Gasteiger partial charge in [-0.25, -0.2) is 0 Å². The first-order valence-corrected chi connectivity index (χ1v) is 7.69. The Morgan fingerprint density at radius 2 is 2.15 bits per heavy atom. The Bertz CT molecular complexity index is 644. The van der Waals surface area contributed by atoms with Crippen molar-refractivity contribution in [1.82, 2.24) is 4.57 Å². The molecule has 104 valence electrons. The summed E-state index contributed by atoms with van der Waals surface area (Å²) < 4.78 is 3.01. The van der Waals surface area contributed by atoms with Crippen molar-refractivity contribution < 1.29 is 4.79 Å². The van der Waals surface area contributed by atoms with Gasteiger partial charge < -0.3 is 9.88 Å². The Morgan fingerprint density at radius 1 is 1.35 bits per heavy atom. The smallest absolute Gasteiger partial charge is 0.272 e. The van der Waals surface area contributed by atoms with Gasteiger partial charge in [0.1, 0.15) is 5.69 Å². The molecule has 0 bridgehead atoms. The fourth-order valence-electron chi connectivity index (χ4n) is 2.48. The van der Waals surface area contributed by atoms with Crippen LogP contribution in [0.4, 0.5) is 5.69 Å². The van der Waals surface area contributed by atoms with Crippen molar-refractivity contribution in [1.29, 1.82) is 0 Å². The molecule has 1 saturated carbocycles. The van der Waals surface area contributed by atoms with Crippen LogP contribution >= 0.6 is 15.9 Å². The molecule has 1 aromatic heterocycles. The summed E-state index contributed by atoms with van der Waals surface area (Å²) in [6.07, 6.45) is 5.60. The number of anilines is 1. The Morgan fingerprint density at radius 3 is 2.80 bits per heavy atom. The van der Waals surface area contributed by atoms with E-state index in [9.17, 15) is 4.79 Å². The molecular formula is C16H17BrN2O. The number of nitrogens with zero attached hydrogens (tertiary/aromatic N) is 1. The van der Waals surface area contributed by atoms with Gasteiger partial charge in [0.15, 0.2) is 0 Å². The highest BCUT2D eigenvalue weighted by molar-refractivity contribution is 9.10. The van der Waals surface area contributed by atoms with Crippen LogP contribution in [0.25, 0.3) is 0 Å². The predicted molar refractivity (Wildman–Crippen MR) is 84.2 cm³/mol. The van der Waals surface area contributed by atoms with Gasteiger partial charge in [-0.05, 0) is 71.9 Å². The molecule has 1 amide bonds. The zero-order valence-corrected chi connectivity index (χ0v) is 13.0. The lowest BCUT2D eigenvalue weighted by molar-refractivity contribution is 0.101. The lowest BCUT2D eigenvalue weighted by Gasteiger charge is -2.28. The summed E-state index contributed by atoms with van der Waals surface area (Å²) in [6.45, 7) is 2.03. The normalized spacial score (nSPS) is 14.9. The summed E-state index contributed by atoms with van der Waals surface area (Å²) in [5.41, 5.74) is 2.71. The molecule has 0 radical (unpaired) electrons. The van der Waals surface area contributed by atoms with Crippen LogP contribution in [0.15, 0.2) is 41.0 Å². The summed E-state index contributed by atoms with van der Waals surface area (Å²) in [5.74, 6) is -0.0496. The van der Waals surface area contributed by atoms with Gasteiger partial charge in [0.05, 0.1) is 5.69 Å². The molecule has 0 aliphatic heterocycles. The van der Waals surface area contributed by atoms with E-state index in [1.54, 1.807) is 0 Å². The molecule has 2 aromatic rings. The van der Waals surface area contributed by atoms with Gasteiger partial charge in [-0.1, -0.05) is 6.07 Å². The van der Waals surface area contributed by atoms with Crippen molar-refractivity contribution in [3.8, 4) is 0 Å². The number of halogens is 1. The summed E-state index contributed by atoms with van der Waals surface area (Å²) in [6, 6.07) is 10.2. The maximum absolute atomic E-state index is 12.4. The van der Waals surface area contributed by atoms with Crippen molar-refractivity contribution in [3.05, 3.63) is 52.3 Å². The monoisotopic (exact) mass is 332 g/mol. The minimum absolute atomic E-state index is 0.0496. The van der Waals surface area contributed by atoms with Crippen molar-refractivity contribution >= 4 is 27.5 Å². The topological polar surface area (TPSA) is 34.0 Å². The summed E-state index contributed by atoms with van der Waals surface area (Å²) >= 11 is 3.49. The number of benzene rings is 1. The third-order valence-electron chi connectivity index (χ3n) is 3.85. The van der Waals surface area contributed by atoms with Crippen molar-refractivity contribution in [2.75, 3.05) is 5.32 Å². The number of carbonyl (C=O) groups is 1. The van der Waals surface area contributed by atoms with Crippen LogP contribution in [0.5, 0.6) is 0 Å². The lowest BCUT2D eigenvalue weighted by atomic mass is 9.93. The molecular weight excluding hydrogens is 316 g/mol. The van der Waals surface area contributed by atoms with E-state index < -0.39 is 0 Å². The summed E-state index contributed by atoms with van der Waals surface area (Å²) in [4.78, 5) is 12.4. The van der Waals surface area contributed by atoms with E-state index in [1.807, 2.05) is 43.5 Å². The second-order valence-electron chi connectivity index (χ2n) is 5.32. The van der Waals surface area contributed by atoms with E-state index in [0.29, 0.717) is 6.04 Å². The Labute approximate surface area is 127 Å². The lowest BCUT2D eigenvalue weighted by Crippen LogP contribution is -2.23. The number of aromatic nitrogens is 1. The standard InChI is InChI=1S/C16H17BrN2O/c1-11-7-8-14(13(17)10-11)18-16(20)15-6-3-9-19(15)12-4-2-5-12/h3,6-10,12H,2,4-5H2,1H3,(H,18,20). The number of carbonyl (C=O) groups excluding carboxylic acids is 1. The second kappa shape index (κ2) is 5.44. The summed E-state index contributed by atoms with van der Waals surface area (Å²) in [7, 11) is 0. The number of aryl methyl sites for hydroxylation is 1. The first-order valence-electron chi connectivity index (χ1n) is 6.89. The van der Waals surface area contributed by atoms with Gasteiger partial charge in [-0.3, -0.25) is 4.79 Å². The highest BCUT2D eigenvalue weighted by Crippen LogP contribution is 2.33. The average molecular weight is 333 g/mol. The third kappa shape index (κ3) is 2.52. The van der Waals surface area contributed by atoms with Crippen molar-refractivity contribution in [3.63, 3.8) is 0 Å². The van der Waals surface area contributed by atoms with Crippen molar-refractivity contribution in [2.45, 2.75) is 32.2 Å². The Kier molecular flexibility index (Phi) is 3.66. The third-order valence-corrected chi connectivity index (χ3v) is 4.51. The molecule has 1 aliphatic carbocycles. The van der Waals surface area contributed by atoms with Crippen LogP contribution in [-0.4, -0.2) is 10.5 Å². The molecule has 1 heterocycles. The van der Waals surface area contributed by atoms with E-state index in [4.69, 9.17) is 0 Å². The average Bonchev–Trinajstić information content (AvgIpc) is 2.79. The summed E-state index contributed by atoms with van der Waals surface area (Å²) in [5, 5.41) is 2.98. The maximum Gasteiger partial charge on any atom is 0.272 e. The van der Waals surface area contributed by atoms with Crippen LogP contribution in [0.3, 0.4) is 0 Å². The Hall–Kier alpha value is -1.55. The van der Waals surface area contributed by atoms with Crippen LogP contribution in [0.2, 0.25) is 0 Å². The van der Waals surface area contributed by atoms with Gasteiger partial charge in [0.2, 0.25) is 0 Å². The molecule has 0 saturated heterocycles. The van der Waals surface area contributed by atoms with E-state index in [-0.39, 0.29) is 5.91 Å². The fourth-order valence-corrected chi connectivity index (χ4v) is 3.07. The maximum atomic E-state index is 12.4. The van der Waals surface area contributed by atoms with E-state index >= 15 is 0 Å². The zero-order chi connectivity index (χ0) is 14.1. The molecule has 0 spiro atoms. The molecule has 20 heavy (non-hydrogen) atoms. The molecule has 1 aromatic carbocycles. The highest BCUT2D eigenvalue weighted by atomic mass is 79.9. The molecule has 1 aliphatic rings. The molecule has 3 nitrogen and oxygen atoms in total. The van der Waals surface area contributed by atoms with Crippen LogP contribution in [-0.2, 0) is 0 Å². The van der Waals surface area contributed by atoms with Crippen LogP contribution in [0.1, 0.15) is 41.4 Å². The van der Waals surface area contributed by atoms with Crippen LogP contribution in [0, 0.1) is 6.92 Å². The number of hydrogen-bond donors (Lipinski definition) is 1. The number of rotatable bonds is 3. The van der Waals surface area contributed by atoms with Gasteiger partial charge in [-0.15, -0.1) is 0 Å². The van der Waals surface area contributed by atoms with Crippen molar-refractivity contribution in [2.24, 2.45) is 0 Å². The first-order chi connectivity index (χ1) is 9.65. The van der Waals surface area contributed by atoms with E-state index in [0.717, 1.165) is 21.4 Å². The minimum Gasteiger partial charge on any atom is -0.340 e. The zero-order valence-electron chi connectivity index (χ0n) is 11.4. The molecule has 1 fully saturated rings. The Balaban J connectivity index is 1.81. The first kappa shape index (κ1) is 13.4. The quantitative estimate of drug-likeness (QED) is 0.879. The van der Waals surface area contributed by atoms with E-state index in [1.165, 1.54) is 19.3 Å². The van der Waals surface area contributed by atoms with Gasteiger partial charge in [0.25, 0.3) is 5.91 Å². The molecule has 1 N–H and O–H groups in total. The SMILES string of the molecule is Cc1ccc(NC(=O)c2cccn2C2CCC2)c(Br)c1. The van der Waals surface area contributed by atoms with Gasteiger partial charge in [0, 0.05) is 16.7 Å². The highest BCUT2D eigenvalue weighted by Gasteiger charge is 2.23. The largest absolute Gasteiger partial charge is 0.340 e. The molecule has 0 atom stereocenters. The number of amides is 1. The van der Waals surface area contributed by atoms with Crippen LogP contribution < -0.4 is 5.32 Å². The second-order valence-corrected chi connectivity index (χ2v) is 6.18. The molecule has 4 heteroatoms. The number of nitrogens with one attached hydrogen (secondary N) is 1. The molecule has 3 rings (SSSR count). The van der Waals surface area contributed by atoms with Gasteiger partial charge in [-0.2, -0.15) is 0 Å². The number of hydrogen-bond acceptors (Lipinski definition) is 1. The van der Waals surface area contributed by atoms with Gasteiger partial charge >= 0.3 is 0 Å². The minimum atomic E-state index is -0.0496. The predicted octanol–water partition coefficient (Wildman–Crippen LogP) is 4.54. The van der Waals surface area contributed by atoms with E-state index in [2.05, 4.69) is 25.8 Å².